The summed E-state index contributed by atoms with van der Waals surface area (Å²) in [4.78, 5) is 0. The number of hydrogen-bond acceptors (Lipinski definition) is 1. The van der Waals surface area contributed by atoms with E-state index in [9.17, 15) is 4.39 Å². The number of nitrogens with one attached hydrogen (secondary N) is 1. The van der Waals surface area contributed by atoms with Gasteiger partial charge in [0.2, 0.25) is 0 Å². The van der Waals surface area contributed by atoms with E-state index in [-0.39, 0.29) is 11.9 Å². The van der Waals surface area contributed by atoms with Crippen LogP contribution in [0.15, 0.2) is 46.9 Å². The zero-order chi connectivity index (χ0) is 15.2. The summed E-state index contributed by atoms with van der Waals surface area (Å²) in [6, 6.07) is 13.9. The normalized spacial score (nSPS) is 12.2. The molecule has 2 rings (SSSR count). The van der Waals surface area contributed by atoms with Crippen LogP contribution in [0.25, 0.3) is 0 Å². The molecule has 1 atom stereocenters. The fraction of sp³-hybridized carbons (Fsp3) is 0.333. The zero-order valence-electron chi connectivity index (χ0n) is 12.5. The number of hydrogen-bond donors (Lipinski definition) is 1. The van der Waals surface area contributed by atoms with E-state index in [1.165, 1.54) is 30.0 Å². The Kier molecular flexibility index (Phi) is 5.80. The highest BCUT2D eigenvalue weighted by Crippen LogP contribution is 2.24. The monoisotopic (exact) mass is 349 g/mol. The van der Waals surface area contributed by atoms with Gasteiger partial charge in [0.05, 0.1) is 4.47 Å². The third-order valence-electron chi connectivity index (χ3n) is 3.60. The highest BCUT2D eigenvalue weighted by Gasteiger charge is 2.07. The van der Waals surface area contributed by atoms with Gasteiger partial charge in [-0.2, -0.15) is 0 Å². The molecule has 0 aliphatic heterocycles. The summed E-state index contributed by atoms with van der Waals surface area (Å²) in [5.74, 6) is -0.242. The summed E-state index contributed by atoms with van der Waals surface area (Å²) in [5.41, 5.74) is 3.53. The molecule has 0 spiro atoms. The molecular weight excluding hydrogens is 329 g/mol. The Labute approximate surface area is 134 Å². The summed E-state index contributed by atoms with van der Waals surface area (Å²) in [6.45, 7) is 4.32. The van der Waals surface area contributed by atoms with Crippen molar-refractivity contribution in [1.29, 1.82) is 0 Å². The number of rotatable bonds is 6. The van der Waals surface area contributed by atoms with Crippen LogP contribution >= 0.6 is 15.9 Å². The molecular formula is C18H21BrFN. The first-order valence-corrected chi connectivity index (χ1v) is 8.20. The maximum atomic E-state index is 13.2. The Morgan fingerprint density at radius 3 is 2.48 bits per heavy atom. The minimum Gasteiger partial charge on any atom is -0.378 e. The molecule has 0 amide bonds. The van der Waals surface area contributed by atoms with Crippen LogP contribution in [-0.2, 0) is 6.42 Å². The summed E-state index contributed by atoms with van der Waals surface area (Å²) < 4.78 is 13.7. The van der Waals surface area contributed by atoms with E-state index in [4.69, 9.17) is 0 Å². The molecule has 3 heteroatoms. The first kappa shape index (κ1) is 16.0. The second-order valence-corrected chi connectivity index (χ2v) is 6.19. The average Bonchev–Trinajstić information content (AvgIpc) is 2.49. The van der Waals surface area contributed by atoms with Crippen molar-refractivity contribution in [3.63, 3.8) is 0 Å². The highest BCUT2D eigenvalue weighted by molar-refractivity contribution is 9.10. The van der Waals surface area contributed by atoms with Crippen molar-refractivity contribution in [2.75, 3.05) is 5.32 Å². The smallest absolute Gasteiger partial charge is 0.137 e. The van der Waals surface area contributed by atoms with E-state index in [2.05, 4.69) is 59.4 Å². The van der Waals surface area contributed by atoms with Crippen molar-refractivity contribution >= 4 is 21.6 Å². The van der Waals surface area contributed by atoms with Gasteiger partial charge in [0.1, 0.15) is 5.82 Å². The zero-order valence-corrected chi connectivity index (χ0v) is 14.1. The molecule has 2 aromatic carbocycles. The number of benzene rings is 2. The lowest BCUT2D eigenvalue weighted by Gasteiger charge is -2.16. The number of anilines is 1. The van der Waals surface area contributed by atoms with Crippen LogP contribution < -0.4 is 5.32 Å². The van der Waals surface area contributed by atoms with Gasteiger partial charge in [-0.1, -0.05) is 37.6 Å². The lowest BCUT2D eigenvalue weighted by atomic mass is 10.0. The predicted octanol–water partition coefficient (Wildman–Crippen LogP) is 6.10. The summed E-state index contributed by atoms with van der Waals surface area (Å²) >= 11 is 3.21. The number of aryl methyl sites for hydroxylation is 1. The van der Waals surface area contributed by atoms with Crippen molar-refractivity contribution in [3.05, 3.63) is 63.9 Å². The molecule has 0 saturated heterocycles. The quantitative estimate of drug-likeness (QED) is 0.663. The van der Waals surface area contributed by atoms with E-state index in [1.54, 1.807) is 12.1 Å². The topological polar surface area (TPSA) is 12.0 Å². The number of halogens is 2. The minimum atomic E-state index is -0.242. The van der Waals surface area contributed by atoms with Crippen LogP contribution in [0.5, 0.6) is 0 Å². The summed E-state index contributed by atoms with van der Waals surface area (Å²) in [6.07, 6.45) is 3.60. The molecule has 0 fully saturated rings. The third kappa shape index (κ3) is 4.57. The minimum absolute atomic E-state index is 0.183. The first-order chi connectivity index (χ1) is 10.1. The first-order valence-electron chi connectivity index (χ1n) is 7.40. The van der Waals surface area contributed by atoms with Crippen molar-refractivity contribution < 1.29 is 4.39 Å². The Morgan fingerprint density at radius 1 is 1.14 bits per heavy atom. The maximum absolute atomic E-state index is 13.2. The van der Waals surface area contributed by atoms with Crippen molar-refractivity contribution in [2.45, 2.75) is 39.2 Å². The van der Waals surface area contributed by atoms with Crippen LogP contribution in [0, 0.1) is 5.82 Å². The van der Waals surface area contributed by atoms with E-state index in [0.717, 1.165) is 12.1 Å². The van der Waals surface area contributed by atoms with Gasteiger partial charge >= 0.3 is 0 Å². The lowest BCUT2D eigenvalue weighted by Crippen LogP contribution is -2.06. The van der Waals surface area contributed by atoms with E-state index >= 15 is 0 Å². The lowest BCUT2D eigenvalue weighted by molar-refractivity contribution is 0.621. The van der Waals surface area contributed by atoms with Gasteiger partial charge in [-0.05, 0) is 65.0 Å². The molecule has 0 bridgehead atoms. The summed E-state index contributed by atoms with van der Waals surface area (Å²) in [5, 5.41) is 3.39. The predicted molar refractivity (Wildman–Crippen MR) is 91.2 cm³/mol. The molecule has 0 heterocycles. The Bertz CT molecular complexity index is 580. The van der Waals surface area contributed by atoms with Crippen LogP contribution in [0.1, 0.15) is 43.9 Å². The van der Waals surface area contributed by atoms with Gasteiger partial charge in [-0.3, -0.25) is 0 Å². The summed E-state index contributed by atoms with van der Waals surface area (Å²) in [7, 11) is 0. The van der Waals surface area contributed by atoms with Gasteiger partial charge < -0.3 is 5.32 Å². The van der Waals surface area contributed by atoms with E-state index < -0.39 is 0 Å². The molecule has 0 aromatic heterocycles. The fourth-order valence-electron chi connectivity index (χ4n) is 2.27. The molecule has 1 N–H and O–H groups in total. The van der Waals surface area contributed by atoms with Crippen LogP contribution in [0.4, 0.5) is 10.1 Å². The van der Waals surface area contributed by atoms with Gasteiger partial charge in [0.15, 0.2) is 0 Å². The molecule has 0 aliphatic carbocycles. The molecule has 0 radical (unpaired) electrons. The largest absolute Gasteiger partial charge is 0.378 e. The standard InChI is InChI=1S/C18H21BrFN/c1-3-4-5-14-6-8-15(9-7-14)13(2)21-16-10-11-18(20)17(19)12-16/h6-13,21H,3-5H2,1-2H3. The average molecular weight is 350 g/mol. The van der Waals surface area contributed by atoms with Gasteiger partial charge in [0.25, 0.3) is 0 Å². The SMILES string of the molecule is CCCCc1ccc(C(C)Nc2ccc(F)c(Br)c2)cc1. The van der Waals surface area contributed by atoms with Crippen LogP contribution in [-0.4, -0.2) is 0 Å². The Balaban J connectivity index is 2.02. The maximum Gasteiger partial charge on any atom is 0.137 e. The second kappa shape index (κ2) is 7.60. The van der Waals surface area contributed by atoms with Crippen molar-refractivity contribution in [1.82, 2.24) is 0 Å². The van der Waals surface area contributed by atoms with Crippen LogP contribution in [0.2, 0.25) is 0 Å². The molecule has 21 heavy (non-hydrogen) atoms. The molecule has 0 saturated carbocycles. The molecule has 0 aliphatic rings. The molecule has 1 unspecified atom stereocenters. The Hall–Kier alpha value is -1.35. The van der Waals surface area contributed by atoms with Crippen LogP contribution in [0.3, 0.4) is 0 Å². The van der Waals surface area contributed by atoms with Gasteiger partial charge in [-0.25, -0.2) is 4.39 Å². The third-order valence-corrected chi connectivity index (χ3v) is 4.21. The second-order valence-electron chi connectivity index (χ2n) is 5.34. The van der Waals surface area contributed by atoms with Gasteiger partial charge in [-0.15, -0.1) is 0 Å². The molecule has 112 valence electrons. The Morgan fingerprint density at radius 2 is 1.86 bits per heavy atom. The highest BCUT2D eigenvalue weighted by atomic mass is 79.9. The fourth-order valence-corrected chi connectivity index (χ4v) is 2.65. The molecule has 2 aromatic rings. The van der Waals surface area contributed by atoms with Gasteiger partial charge in [0, 0.05) is 11.7 Å². The van der Waals surface area contributed by atoms with Crippen molar-refractivity contribution in [2.24, 2.45) is 0 Å². The number of unbranched alkanes of at least 4 members (excludes halogenated alkanes) is 1. The molecule has 1 nitrogen and oxygen atoms in total. The van der Waals surface area contributed by atoms with Crippen molar-refractivity contribution in [3.8, 4) is 0 Å². The van der Waals surface area contributed by atoms with E-state index in [0.29, 0.717) is 4.47 Å². The van der Waals surface area contributed by atoms with E-state index in [1.807, 2.05) is 0 Å².